The molecule has 0 fully saturated rings. The first kappa shape index (κ1) is 17.9. The molecule has 120 valence electrons. The van der Waals surface area contributed by atoms with Crippen LogP contribution in [0, 0.1) is 0 Å². The summed E-state index contributed by atoms with van der Waals surface area (Å²) in [6.45, 7) is 1.97. The molecular weight excluding hydrogens is 305 g/mol. The number of alkyl halides is 3. The molecule has 0 atom stereocenters. The molecule has 1 rings (SSSR count). The monoisotopic (exact) mass is 324 g/mol. The van der Waals surface area contributed by atoms with Gasteiger partial charge in [0.05, 0.1) is 5.75 Å². The van der Waals surface area contributed by atoms with Crippen LogP contribution < -0.4 is 5.32 Å². The number of rotatable bonds is 7. The topological polar surface area (TPSA) is 49.4 Å². The van der Waals surface area contributed by atoms with E-state index in [9.17, 15) is 21.6 Å². The zero-order valence-corrected chi connectivity index (χ0v) is 12.8. The molecule has 8 heteroatoms. The van der Waals surface area contributed by atoms with E-state index in [0.717, 1.165) is 19.2 Å². The van der Waals surface area contributed by atoms with Gasteiger partial charge in [-0.3, -0.25) is 0 Å². The highest BCUT2D eigenvalue weighted by molar-refractivity contribution is 7.88. The van der Waals surface area contributed by atoms with Crippen LogP contribution >= 0.6 is 0 Å². The number of halogens is 3. The maximum Gasteiger partial charge on any atom is 0.402 e. The molecule has 0 aromatic heterocycles. The van der Waals surface area contributed by atoms with Crippen molar-refractivity contribution in [2.45, 2.75) is 25.4 Å². The Bertz CT molecular complexity index is 542. The molecule has 0 heterocycles. The Hall–Kier alpha value is -1.12. The van der Waals surface area contributed by atoms with Gasteiger partial charge in [-0.05, 0) is 17.7 Å². The molecule has 1 N–H and O–H groups in total. The molecule has 0 aliphatic carbocycles. The van der Waals surface area contributed by atoms with Gasteiger partial charge in [-0.25, -0.2) is 8.42 Å². The average molecular weight is 324 g/mol. The van der Waals surface area contributed by atoms with Crippen LogP contribution in [0.15, 0.2) is 24.3 Å². The fourth-order valence-electron chi connectivity index (χ4n) is 1.69. The molecule has 1 aromatic carbocycles. The first-order valence-electron chi connectivity index (χ1n) is 6.43. The summed E-state index contributed by atoms with van der Waals surface area (Å²) < 4.78 is 60.7. The van der Waals surface area contributed by atoms with Gasteiger partial charge < -0.3 is 5.32 Å². The van der Waals surface area contributed by atoms with Gasteiger partial charge in [-0.2, -0.15) is 17.5 Å². The maximum absolute atomic E-state index is 12.2. The van der Waals surface area contributed by atoms with E-state index in [2.05, 4.69) is 5.32 Å². The molecule has 0 unspecified atom stereocenters. The highest BCUT2D eigenvalue weighted by atomic mass is 32.2. The molecule has 0 amide bonds. The maximum atomic E-state index is 12.2. The second kappa shape index (κ2) is 7.24. The van der Waals surface area contributed by atoms with Gasteiger partial charge in [0.25, 0.3) is 0 Å². The Morgan fingerprint density at radius 3 is 2.14 bits per heavy atom. The van der Waals surface area contributed by atoms with Crippen molar-refractivity contribution < 1.29 is 21.6 Å². The molecule has 0 saturated heterocycles. The highest BCUT2D eigenvalue weighted by Crippen LogP contribution is 2.19. The largest absolute Gasteiger partial charge is 0.402 e. The molecule has 21 heavy (non-hydrogen) atoms. The zero-order valence-electron chi connectivity index (χ0n) is 11.9. The van der Waals surface area contributed by atoms with Crippen LogP contribution in [-0.2, 0) is 22.3 Å². The van der Waals surface area contributed by atoms with Crippen molar-refractivity contribution in [2.24, 2.45) is 0 Å². The number of benzene rings is 1. The van der Waals surface area contributed by atoms with Crippen LogP contribution in [0.2, 0.25) is 0 Å². The Morgan fingerprint density at radius 1 is 1.14 bits per heavy atom. The summed E-state index contributed by atoms with van der Waals surface area (Å²) in [6, 6.07) is 6.76. The van der Waals surface area contributed by atoms with E-state index >= 15 is 0 Å². The van der Waals surface area contributed by atoms with Gasteiger partial charge >= 0.3 is 6.18 Å². The lowest BCUT2D eigenvalue weighted by Crippen LogP contribution is -2.36. The van der Waals surface area contributed by atoms with Gasteiger partial charge in [-0.15, -0.1) is 0 Å². The minimum atomic E-state index is -4.54. The van der Waals surface area contributed by atoms with E-state index in [4.69, 9.17) is 0 Å². The molecule has 0 spiro atoms. The van der Waals surface area contributed by atoms with Crippen LogP contribution in [0.4, 0.5) is 13.2 Å². The molecule has 0 bridgehead atoms. The molecular formula is C13H19F3N2O2S. The van der Waals surface area contributed by atoms with Crippen molar-refractivity contribution in [1.29, 1.82) is 0 Å². The highest BCUT2D eigenvalue weighted by Gasteiger charge is 2.34. The van der Waals surface area contributed by atoms with Crippen LogP contribution in [0.1, 0.15) is 18.1 Å². The molecule has 0 aliphatic rings. The predicted molar refractivity (Wildman–Crippen MR) is 75.1 cm³/mol. The van der Waals surface area contributed by atoms with E-state index in [1.807, 2.05) is 6.92 Å². The molecule has 0 saturated carbocycles. The van der Waals surface area contributed by atoms with Crippen LogP contribution in [0.5, 0.6) is 0 Å². The van der Waals surface area contributed by atoms with Crippen molar-refractivity contribution >= 4 is 10.0 Å². The van der Waals surface area contributed by atoms with Gasteiger partial charge in [0.15, 0.2) is 0 Å². The third kappa shape index (κ3) is 6.45. The fourth-order valence-corrected chi connectivity index (χ4v) is 2.87. The van der Waals surface area contributed by atoms with Crippen LogP contribution in [0.25, 0.3) is 0 Å². The lowest BCUT2D eigenvalue weighted by molar-refractivity contribution is -0.134. The summed E-state index contributed by atoms with van der Waals surface area (Å²) in [6.07, 6.45) is -4.54. The number of hydrogen-bond donors (Lipinski definition) is 1. The number of hydrogen-bond acceptors (Lipinski definition) is 3. The third-order valence-electron chi connectivity index (χ3n) is 2.83. The van der Waals surface area contributed by atoms with Crippen molar-refractivity contribution in [3.63, 3.8) is 0 Å². The second-order valence-corrected chi connectivity index (χ2v) is 6.80. The van der Waals surface area contributed by atoms with Crippen LogP contribution in [0.3, 0.4) is 0 Å². The Kier molecular flexibility index (Phi) is 6.18. The summed E-state index contributed by atoms with van der Waals surface area (Å²) in [5.74, 6) is -0.443. The second-order valence-electron chi connectivity index (χ2n) is 4.72. The minimum Gasteiger partial charge on any atom is -0.313 e. The fraction of sp³-hybridized carbons (Fsp3) is 0.538. The lowest BCUT2D eigenvalue weighted by Gasteiger charge is -2.18. The van der Waals surface area contributed by atoms with E-state index < -0.39 is 28.5 Å². The van der Waals surface area contributed by atoms with E-state index in [0.29, 0.717) is 16.4 Å². The Morgan fingerprint density at radius 2 is 1.67 bits per heavy atom. The quantitative estimate of drug-likeness (QED) is 0.836. The smallest absolute Gasteiger partial charge is 0.313 e. The van der Waals surface area contributed by atoms with E-state index in [1.165, 1.54) is 0 Å². The summed E-state index contributed by atoms with van der Waals surface area (Å²) >= 11 is 0. The Balaban J connectivity index is 2.71. The van der Waals surface area contributed by atoms with E-state index in [1.54, 1.807) is 24.3 Å². The number of nitrogens with zero attached hydrogens (tertiary/aromatic N) is 1. The van der Waals surface area contributed by atoms with Crippen molar-refractivity contribution in [3.8, 4) is 0 Å². The Labute approximate surface area is 123 Å². The van der Waals surface area contributed by atoms with Crippen LogP contribution in [-0.4, -0.2) is 39.0 Å². The van der Waals surface area contributed by atoms with Gasteiger partial charge in [0.2, 0.25) is 10.0 Å². The number of sulfonamides is 1. The predicted octanol–water partition coefficient (Wildman–Crippen LogP) is 2.12. The standard InChI is InChI=1S/C13H19F3N2O2S/c1-3-17-8-11-4-6-12(7-5-11)9-21(19,20)18(2)10-13(14,15)16/h4-7,17H,3,8-10H2,1-2H3. The lowest BCUT2D eigenvalue weighted by atomic mass is 10.1. The van der Waals surface area contributed by atoms with Crippen molar-refractivity contribution in [3.05, 3.63) is 35.4 Å². The van der Waals surface area contributed by atoms with E-state index in [-0.39, 0.29) is 0 Å². The summed E-state index contributed by atoms with van der Waals surface area (Å²) in [5, 5.41) is 3.12. The summed E-state index contributed by atoms with van der Waals surface area (Å²) in [4.78, 5) is 0. The van der Waals surface area contributed by atoms with Gasteiger partial charge in [0, 0.05) is 13.6 Å². The summed E-state index contributed by atoms with van der Waals surface area (Å²) in [7, 11) is -3.05. The summed E-state index contributed by atoms with van der Waals surface area (Å²) in [5.41, 5.74) is 1.45. The molecule has 4 nitrogen and oxygen atoms in total. The normalized spacial score (nSPS) is 12.9. The SMILES string of the molecule is CCNCc1ccc(CS(=O)(=O)N(C)CC(F)(F)F)cc1. The van der Waals surface area contributed by atoms with Crippen molar-refractivity contribution in [2.75, 3.05) is 20.1 Å². The van der Waals surface area contributed by atoms with Crippen molar-refractivity contribution in [1.82, 2.24) is 9.62 Å². The minimum absolute atomic E-state index is 0.333. The first-order chi connectivity index (χ1) is 9.64. The van der Waals surface area contributed by atoms with Gasteiger partial charge in [-0.1, -0.05) is 31.2 Å². The molecule has 0 aliphatic heterocycles. The molecule has 1 aromatic rings. The zero-order chi connectivity index (χ0) is 16.1. The average Bonchev–Trinajstić information content (AvgIpc) is 2.35. The first-order valence-corrected chi connectivity index (χ1v) is 8.04. The molecule has 0 radical (unpaired) electrons. The number of nitrogens with one attached hydrogen (secondary N) is 1. The third-order valence-corrected chi connectivity index (χ3v) is 4.60. The van der Waals surface area contributed by atoms with Gasteiger partial charge in [0.1, 0.15) is 6.54 Å².